The van der Waals surface area contributed by atoms with Gasteiger partial charge >= 0.3 is 0 Å². The minimum Gasteiger partial charge on any atom is -0.377 e. The Balaban J connectivity index is 3.30. The van der Waals surface area contributed by atoms with Gasteiger partial charge in [0.2, 0.25) is 0 Å². The van der Waals surface area contributed by atoms with Crippen LogP contribution in [0.1, 0.15) is 45.4 Å². The summed E-state index contributed by atoms with van der Waals surface area (Å²) in [7, 11) is 0. The van der Waals surface area contributed by atoms with Crippen molar-refractivity contribution >= 4 is 11.6 Å². The number of hydrogen-bond donors (Lipinski definition) is 0. The third kappa shape index (κ3) is 17.2. The fourth-order valence-corrected chi connectivity index (χ4v) is 1.50. The summed E-state index contributed by atoms with van der Waals surface area (Å²) in [6, 6.07) is 0. The van der Waals surface area contributed by atoms with Crippen molar-refractivity contribution in [3.63, 3.8) is 0 Å². The van der Waals surface area contributed by atoms with E-state index in [0.29, 0.717) is 6.61 Å². The van der Waals surface area contributed by atoms with E-state index < -0.39 is 0 Å². The highest BCUT2D eigenvalue weighted by Gasteiger charge is 1.81. The molecule has 1 nitrogen and oxygen atoms in total. The van der Waals surface area contributed by atoms with Crippen LogP contribution in [-0.2, 0) is 4.74 Å². The van der Waals surface area contributed by atoms with Crippen LogP contribution in [0.25, 0.3) is 0 Å². The summed E-state index contributed by atoms with van der Waals surface area (Å²) >= 11 is 5.57. The van der Waals surface area contributed by atoms with Gasteiger partial charge in [-0.25, -0.2) is 0 Å². The third-order valence-electron chi connectivity index (χ3n) is 2.40. The Morgan fingerprint density at radius 2 is 1.79 bits per heavy atom. The van der Waals surface area contributed by atoms with Crippen LogP contribution in [0.15, 0.2) is 42.2 Å². The van der Waals surface area contributed by atoms with E-state index in [9.17, 15) is 0 Å². The zero-order valence-corrected chi connectivity index (χ0v) is 12.9. The first-order valence-electron chi connectivity index (χ1n) is 7.25. The molecular formula is C17H27ClO. The van der Waals surface area contributed by atoms with Crippen LogP contribution in [0.4, 0.5) is 0 Å². The summed E-state index contributed by atoms with van der Waals surface area (Å²) < 4.78 is 5.47. The highest BCUT2D eigenvalue weighted by molar-refractivity contribution is 6.17. The Hall–Kier alpha value is -0.750. The van der Waals surface area contributed by atoms with Crippen molar-refractivity contribution in [2.24, 2.45) is 0 Å². The predicted molar refractivity (Wildman–Crippen MR) is 85.8 cm³/mol. The highest BCUT2D eigenvalue weighted by Crippen LogP contribution is 1.94. The molecule has 0 unspecified atom stereocenters. The summed E-state index contributed by atoms with van der Waals surface area (Å²) in [6.07, 6.45) is 19.1. The van der Waals surface area contributed by atoms with E-state index in [4.69, 9.17) is 16.3 Å². The molecule has 0 saturated carbocycles. The van der Waals surface area contributed by atoms with E-state index in [0.717, 1.165) is 38.2 Å². The molecule has 0 radical (unpaired) electrons. The molecule has 0 aromatic carbocycles. The second-order valence-corrected chi connectivity index (χ2v) is 4.61. The van der Waals surface area contributed by atoms with Gasteiger partial charge in [-0.3, -0.25) is 0 Å². The maximum absolute atomic E-state index is 5.57. The molecule has 2 heteroatoms. The van der Waals surface area contributed by atoms with E-state index in [1.54, 1.807) is 0 Å². The number of ether oxygens (including phenoxy) is 1. The van der Waals surface area contributed by atoms with Crippen LogP contribution < -0.4 is 0 Å². The molecule has 0 aliphatic rings. The molecule has 0 fully saturated rings. The quantitative estimate of drug-likeness (QED) is 0.201. The van der Waals surface area contributed by atoms with Gasteiger partial charge in [-0.1, -0.05) is 37.6 Å². The van der Waals surface area contributed by atoms with Gasteiger partial charge in [0.25, 0.3) is 0 Å². The largest absolute Gasteiger partial charge is 0.377 e. The van der Waals surface area contributed by atoms with Crippen LogP contribution >= 0.6 is 11.6 Å². The Bertz CT molecular complexity index is 286. The van der Waals surface area contributed by atoms with Gasteiger partial charge < -0.3 is 4.74 Å². The Kier molecular flexibility index (Phi) is 16.6. The van der Waals surface area contributed by atoms with E-state index in [2.05, 4.69) is 37.0 Å². The number of rotatable bonds is 12. The molecule has 0 bridgehead atoms. The van der Waals surface area contributed by atoms with Crippen LogP contribution in [-0.4, -0.2) is 19.1 Å². The molecule has 0 aromatic heterocycles. The highest BCUT2D eigenvalue weighted by atomic mass is 35.5. The lowest BCUT2D eigenvalue weighted by Gasteiger charge is -1.95. The van der Waals surface area contributed by atoms with Crippen molar-refractivity contribution in [3.05, 3.63) is 42.2 Å². The molecule has 19 heavy (non-hydrogen) atoms. The van der Waals surface area contributed by atoms with Gasteiger partial charge in [0.1, 0.15) is 0 Å². The second-order valence-electron chi connectivity index (χ2n) is 4.24. The normalized spacial score (nSPS) is 11.1. The molecule has 0 amide bonds. The number of halogens is 1. The minimum absolute atomic E-state index is 0.700. The molecule has 0 saturated heterocycles. The van der Waals surface area contributed by atoms with Crippen molar-refractivity contribution in [3.8, 4) is 0 Å². The zero-order valence-electron chi connectivity index (χ0n) is 12.1. The van der Waals surface area contributed by atoms with E-state index in [-0.39, 0.29) is 0 Å². The monoisotopic (exact) mass is 282 g/mol. The molecule has 0 rings (SSSR count). The van der Waals surface area contributed by atoms with E-state index >= 15 is 0 Å². The first kappa shape index (κ1) is 18.2. The number of unbranched alkanes of at least 4 members (excludes halogenated alkanes) is 2. The van der Waals surface area contributed by atoms with Crippen molar-refractivity contribution in [2.45, 2.75) is 45.4 Å². The molecule has 0 spiro atoms. The van der Waals surface area contributed by atoms with Crippen LogP contribution in [0.2, 0.25) is 0 Å². The Morgan fingerprint density at radius 3 is 2.58 bits per heavy atom. The average molecular weight is 283 g/mol. The number of alkyl halides is 1. The fourth-order valence-electron chi connectivity index (χ4n) is 1.35. The maximum atomic E-state index is 5.57. The second kappa shape index (κ2) is 17.2. The standard InChI is InChI=1S/C17H27ClO/c1-2-3-4-5-7-10-13-16-19-17-14-11-8-6-9-12-15-18/h4-6,10-11,13H,2-3,7,9,12,14-17H2,1H3/b5-4-,13-10-. The van der Waals surface area contributed by atoms with Gasteiger partial charge in [-0.2, -0.15) is 0 Å². The molecule has 108 valence electrons. The van der Waals surface area contributed by atoms with Gasteiger partial charge in [0.15, 0.2) is 0 Å². The van der Waals surface area contributed by atoms with Gasteiger partial charge in [-0.05, 0) is 44.3 Å². The van der Waals surface area contributed by atoms with Crippen molar-refractivity contribution in [2.75, 3.05) is 19.1 Å². The Labute approximate surface area is 123 Å². The van der Waals surface area contributed by atoms with Gasteiger partial charge in [0.05, 0.1) is 13.2 Å². The predicted octanol–water partition coefficient (Wildman–Crippen LogP) is 5.43. The van der Waals surface area contributed by atoms with Crippen LogP contribution in [0.5, 0.6) is 0 Å². The number of allylic oxidation sites excluding steroid dienone is 3. The SMILES string of the molecule is CCC/C=C\C/C=C\COCCC=C=CCCCCl. The zero-order chi connectivity index (χ0) is 14.0. The molecule has 0 aliphatic heterocycles. The smallest absolute Gasteiger partial charge is 0.0647 e. The van der Waals surface area contributed by atoms with Gasteiger partial charge in [0, 0.05) is 5.88 Å². The lowest BCUT2D eigenvalue weighted by molar-refractivity contribution is 0.167. The molecule has 0 atom stereocenters. The summed E-state index contributed by atoms with van der Waals surface area (Å²) in [5.74, 6) is 0.723. The van der Waals surface area contributed by atoms with Crippen LogP contribution in [0, 0.1) is 0 Å². The molecular weight excluding hydrogens is 256 g/mol. The maximum Gasteiger partial charge on any atom is 0.0647 e. The Morgan fingerprint density at radius 1 is 1.00 bits per heavy atom. The minimum atomic E-state index is 0.700. The average Bonchev–Trinajstić information content (AvgIpc) is 2.43. The lowest BCUT2D eigenvalue weighted by Crippen LogP contribution is -1.91. The van der Waals surface area contributed by atoms with Crippen molar-refractivity contribution in [1.82, 2.24) is 0 Å². The van der Waals surface area contributed by atoms with Crippen molar-refractivity contribution < 1.29 is 4.74 Å². The molecule has 0 heterocycles. The third-order valence-corrected chi connectivity index (χ3v) is 2.67. The summed E-state index contributed by atoms with van der Waals surface area (Å²) in [6.45, 7) is 3.65. The molecule has 0 N–H and O–H groups in total. The van der Waals surface area contributed by atoms with E-state index in [1.165, 1.54) is 12.8 Å². The lowest BCUT2D eigenvalue weighted by atomic mass is 10.3. The topological polar surface area (TPSA) is 9.23 Å². The number of hydrogen-bond acceptors (Lipinski definition) is 1. The van der Waals surface area contributed by atoms with Crippen molar-refractivity contribution in [1.29, 1.82) is 0 Å². The molecule has 0 aromatic rings. The van der Waals surface area contributed by atoms with E-state index in [1.807, 2.05) is 12.2 Å². The summed E-state index contributed by atoms with van der Waals surface area (Å²) in [4.78, 5) is 0. The summed E-state index contributed by atoms with van der Waals surface area (Å²) in [5.41, 5.74) is 3.14. The van der Waals surface area contributed by atoms with Gasteiger partial charge in [-0.15, -0.1) is 17.3 Å². The first-order chi connectivity index (χ1) is 9.41. The fraction of sp³-hybridized carbons (Fsp3) is 0.588. The molecule has 0 aliphatic carbocycles. The first-order valence-corrected chi connectivity index (χ1v) is 7.78. The summed E-state index contributed by atoms with van der Waals surface area (Å²) in [5, 5.41) is 0. The van der Waals surface area contributed by atoms with Crippen LogP contribution in [0.3, 0.4) is 0 Å².